The van der Waals surface area contributed by atoms with Crippen LogP contribution in [0.4, 0.5) is 18.0 Å². The molecule has 0 spiro atoms. The molecule has 0 bridgehead atoms. The number of carbonyl (C=O) groups is 2. The fourth-order valence-electron chi connectivity index (χ4n) is 1.90. The largest absolute Gasteiger partial charge is 0.490 e. The van der Waals surface area contributed by atoms with E-state index in [4.69, 9.17) is 14.6 Å². The quantitative estimate of drug-likeness (QED) is 0.808. The van der Waals surface area contributed by atoms with E-state index < -0.39 is 12.1 Å². The summed E-state index contributed by atoms with van der Waals surface area (Å²) >= 11 is 0. The van der Waals surface area contributed by atoms with Crippen molar-refractivity contribution in [2.45, 2.75) is 50.8 Å². The predicted octanol–water partition coefficient (Wildman–Crippen LogP) is 2.79. The molecule has 1 aliphatic heterocycles. The summed E-state index contributed by atoms with van der Waals surface area (Å²) in [6, 6.07) is 0. The number of carbonyl (C=O) groups excluding carboxylic acids is 1. The smallest absolute Gasteiger partial charge is 0.475 e. The number of likely N-dealkylation sites (tertiary alicyclic amines) is 1. The van der Waals surface area contributed by atoms with E-state index >= 15 is 0 Å². The Balaban J connectivity index is 0.000000246. The summed E-state index contributed by atoms with van der Waals surface area (Å²) in [5, 5.41) is 7.12. The minimum atomic E-state index is -5.08. The van der Waals surface area contributed by atoms with Crippen LogP contribution in [0.15, 0.2) is 0 Å². The van der Waals surface area contributed by atoms with E-state index in [0.29, 0.717) is 0 Å². The van der Waals surface area contributed by atoms with Gasteiger partial charge >= 0.3 is 18.2 Å². The van der Waals surface area contributed by atoms with Gasteiger partial charge in [0.05, 0.1) is 0 Å². The first-order valence-electron chi connectivity index (χ1n) is 6.56. The van der Waals surface area contributed by atoms with Crippen LogP contribution in [0, 0.1) is 0 Å². The van der Waals surface area contributed by atoms with Crippen molar-refractivity contribution < 1.29 is 32.6 Å². The van der Waals surface area contributed by atoms with E-state index in [0.717, 1.165) is 32.4 Å². The minimum Gasteiger partial charge on any atom is -0.475 e. The first-order valence-corrected chi connectivity index (χ1v) is 6.56. The summed E-state index contributed by atoms with van der Waals surface area (Å²) < 4.78 is 37.1. The monoisotopic (exact) mass is 297 g/mol. The highest BCUT2D eigenvalue weighted by atomic mass is 19.4. The second-order valence-electron chi connectivity index (χ2n) is 4.79. The van der Waals surface area contributed by atoms with E-state index in [9.17, 15) is 18.0 Å². The first-order chi connectivity index (χ1) is 9.30. The lowest BCUT2D eigenvalue weighted by Crippen LogP contribution is -2.43. The number of rotatable bonds is 1. The second kappa shape index (κ2) is 7.35. The Labute approximate surface area is 114 Å². The molecule has 0 aromatic heterocycles. The zero-order valence-electron chi connectivity index (χ0n) is 11.0. The fraction of sp³-hybridized carbons (Fsp3) is 0.833. The maximum Gasteiger partial charge on any atom is 0.490 e. The number of alkyl halides is 3. The number of carboxylic acid groups (broad SMARTS) is 1. The third kappa shape index (κ3) is 5.66. The topological polar surface area (TPSA) is 66.8 Å². The van der Waals surface area contributed by atoms with E-state index in [1.165, 1.54) is 19.3 Å². The Morgan fingerprint density at radius 3 is 1.90 bits per heavy atom. The number of amides is 1. The molecule has 0 atom stereocenters. The molecule has 0 radical (unpaired) electrons. The van der Waals surface area contributed by atoms with Crippen molar-refractivity contribution in [2.24, 2.45) is 0 Å². The Morgan fingerprint density at radius 1 is 1.05 bits per heavy atom. The van der Waals surface area contributed by atoms with Gasteiger partial charge in [0, 0.05) is 13.1 Å². The van der Waals surface area contributed by atoms with Gasteiger partial charge in [0.1, 0.15) is 6.10 Å². The molecule has 1 saturated heterocycles. The van der Waals surface area contributed by atoms with Gasteiger partial charge in [-0.1, -0.05) is 6.42 Å². The maximum absolute atomic E-state index is 11.4. The molecule has 1 N–H and O–H groups in total. The SMILES string of the molecule is O=C(O)C(F)(F)F.O=C(OC1CCCCC1)N1CCC1. The van der Waals surface area contributed by atoms with Crippen molar-refractivity contribution in [3.63, 3.8) is 0 Å². The Kier molecular flexibility index (Phi) is 6.09. The molecule has 5 nitrogen and oxygen atoms in total. The van der Waals surface area contributed by atoms with Crippen molar-refractivity contribution in [1.82, 2.24) is 4.90 Å². The van der Waals surface area contributed by atoms with Crippen molar-refractivity contribution in [2.75, 3.05) is 13.1 Å². The van der Waals surface area contributed by atoms with Gasteiger partial charge in [0.2, 0.25) is 0 Å². The molecule has 0 unspecified atom stereocenters. The van der Waals surface area contributed by atoms with Crippen LogP contribution < -0.4 is 0 Å². The molecular weight excluding hydrogens is 279 g/mol. The van der Waals surface area contributed by atoms with Crippen molar-refractivity contribution in [3.8, 4) is 0 Å². The van der Waals surface area contributed by atoms with Gasteiger partial charge < -0.3 is 14.7 Å². The third-order valence-electron chi connectivity index (χ3n) is 3.18. The van der Waals surface area contributed by atoms with E-state index in [-0.39, 0.29) is 12.2 Å². The summed E-state index contributed by atoms with van der Waals surface area (Å²) in [5.74, 6) is -2.76. The van der Waals surface area contributed by atoms with Gasteiger partial charge in [0.25, 0.3) is 0 Å². The molecule has 8 heteroatoms. The average molecular weight is 297 g/mol. The highest BCUT2D eigenvalue weighted by Gasteiger charge is 2.38. The maximum atomic E-state index is 11.4. The van der Waals surface area contributed by atoms with Gasteiger partial charge in [-0.25, -0.2) is 9.59 Å². The van der Waals surface area contributed by atoms with Crippen LogP contribution in [-0.2, 0) is 9.53 Å². The lowest BCUT2D eigenvalue weighted by Gasteiger charge is -2.32. The van der Waals surface area contributed by atoms with Gasteiger partial charge in [-0.3, -0.25) is 0 Å². The summed E-state index contributed by atoms with van der Waals surface area (Å²) in [4.78, 5) is 22.1. The Morgan fingerprint density at radius 2 is 1.55 bits per heavy atom. The van der Waals surface area contributed by atoms with Crippen molar-refractivity contribution in [3.05, 3.63) is 0 Å². The van der Waals surface area contributed by atoms with Crippen LogP contribution in [0.5, 0.6) is 0 Å². The number of ether oxygens (including phenoxy) is 1. The number of hydrogen-bond acceptors (Lipinski definition) is 3. The van der Waals surface area contributed by atoms with E-state index in [2.05, 4.69) is 0 Å². The highest BCUT2D eigenvalue weighted by molar-refractivity contribution is 5.73. The molecule has 1 saturated carbocycles. The molecule has 2 rings (SSSR count). The Bertz CT molecular complexity index is 336. The standard InChI is InChI=1S/C10H17NO2.C2HF3O2/c12-10(11-7-4-8-11)13-9-5-2-1-3-6-9;3-2(4,5)1(6)7/h9H,1-8H2;(H,6,7). The van der Waals surface area contributed by atoms with Crippen molar-refractivity contribution >= 4 is 12.1 Å². The van der Waals surface area contributed by atoms with E-state index in [1.54, 1.807) is 4.90 Å². The minimum absolute atomic E-state index is 0.0850. The molecule has 0 aromatic rings. The number of nitrogens with zero attached hydrogens (tertiary/aromatic N) is 1. The van der Waals surface area contributed by atoms with Crippen LogP contribution in [0.1, 0.15) is 38.5 Å². The van der Waals surface area contributed by atoms with Crippen LogP contribution in [-0.4, -0.2) is 47.4 Å². The molecule has 116 valence electrons. The predicted molar refractivity (Wildman–Crippen MR) is 63.2 cm³/mol. The molecular formula is C12H18F3NO4. The summed E-state index contributed by atoms with van der Waals surface area (Å²) in [6.45, 7) is 1.79. The van der Waals surface area contributed by atoms with Gasteiger partial charge in [-0.2, -0.15) is 13.2 Å². The number of carboxylic acids is 1. The number of aliphatic carboxylic acids is 1. The summed E-state index contributed by atoms with van der Waals surface area (Å²) in [7, 11) is 0. The molecule has 1 heterocycles. The van der Waals surface area contributed by atoms with Crippen LogP contribution in [0.3, 0.4) is 0 Å². The zero-order chi connectivity index (χ0) is 15.2. The lowest BCUT2D eigenvalue weighted by atomic mass is 9.98. The summed E-state index contributed by atoms with van der Waals surface area (Å²) in [5.41, 5.74) is 0. The number of hydrogen-bond donors (Lipinski definition) is 1. The highest BCUT2D eigenvalue weighted by Crippen LogP contribution is 2.21. The molecule has 1 aliphatic carbocycles. The van der Waals surface area contributed by atoms with Gasteiger partial charge in [0.15, 0.2) is 0 Å². The Hall–Kier alpha value is -1.47. The molecule has 20 heavy (non-hydrogen) atoms. The summed E-state index contributed by atoms with van der Waals surface area (Å²) in [6.07, 6.45) is 2.06. The molecule has 2 aliphatic rings. The van der Waals surface area contributed by atoms with Gasteiger partial charge in [-0.05, 0) is 32.1 Å². The fourth-order valence-corrected chi connectivity index (χ4v) is 1.90. The zero-order valence-corrected chi connectivity index (χ0v) is 11.0. The van der Waals surface area contributed by atoms with Crippen LogP contribution >= 0.6 is 0 Å². The van der Waals surface area contributed by atoms with Gasteiger partial charge in [-0.15, -0.1) is 0 Å². The van der Waals surface area contributed by atoms with E-state index in [1.807, 2.05) is 0 Å². The van der Waals surface area contributed by atoms with Crippen LogP contribution in [0.25, 0.3) is 0 Å². The number of halogens is 3. The third-order valence-corrected chi connectivity index (χ3v) is 3.18. The van der Waals surface area contributed by atoms with Crippen molar-refractivity contribution in [1.29, 1.82) is 0 Å². The normalized spacial score (nSPS) is 19.4. The average Bonchev–Trinajstić information content (AvgIpc) is 2.27. The molecule has 1 amide bonds. The lowest BCUT2D eigenvalue weighted by molar-refractivity contribution is -0.192. The van der Waals surface area contributed by atoms with Crippen LogP contribution in [0.2, 0.25) is 0 Å². The second-order valence-corrected chi connectivity index (χ2v) is 4.79. The molecule has 2 fully saturated rings. The molecule has 0 aromatic carbocycles. The first kappa shape index (κ1) is 16.6.